The molecule has 0 aliphatic heterocycles. The highest BCUT2D eigenvalue weighted by Gasteiger charge is 2.23. The van der Waals surface area contributed by atoms with Crippen molar-refractivity contribution in [2.24, 2.45) is 0 Å². The first-order valence-corrected chi connectivity index (χ1v) is 13.6. The van der Waals surface area contributed by atoms with E-state index in [-0.39, 0.29) is 0 Å². The first kappa shape index (κ1) is 21.2. The largest absolute Gasteiger partial charge is 0.299 e. The third-order valence-electron chi connectivity index (χ3n) is 5.49. The van der Waals surface area contributed by atoms with Gasteiger partial charge in [0, 0.05) is 38.6 Å². The van der Waals surface area contributed by atoms with Crippen LogP contribution in [0.15, 0.2) is 40.2 Å². The second kappa shape index (κ2) is 9.06. The Bertz CT molecular complexity index is 1210. The second-order valence-electron chi connectivity index (χ2n) is 7.94. The number of halogens is 1. The lowest BCUT2D eigenvalue weighted by molar-refractivity contribution is 0.554. The Hall–Kier alpha value is -1.67. The van der Waals surface area contributed by atoms with Crippen LogP contribution in [0, 0.1) is 0 Å². The molecular formula is C23H23ClN4S3. The average molecular weight is 487 g/mol. The number of aryl methyl sites for hydroxylation is 1. The molecule has 4 nitrogen and oxygen atoms in total. The quantitative estimate of drug-likeness (QED) is 0.264. The Labute approximate surface area is 199 Å². The van der Waals surface area contributed by atoms with Gasteiger partial charge in [-0.1, -0.05) is 41.6 Å². The number of nitrogens with zero attached hydrogens (tertiary/aromatic N) is 4. The molecule has 0 saturated carbocycles. The standard InChI is InChI=1S/C23H23ClN4S3/c1-14(2)28-21(18-13-29-20-10-6-4-7-16(18)20)26-27-23(28)31-12-15-11-30-22(25-15)17-8-3-5-9-19(17)24/h3,5,8-9,11,13-14H,4,6-7,10,12H2,1-2H3. The van der Waals surface area contributed by atoms with Crippen molar-refractivity contribution in [2.45, 2.75) is 56.5 Å². The molecule has 0 unspecified atom stereocenters. The molecule has 0 saturated heterocycles. The van der Waals surface area contributed by atoms with Gasteiger partial charge in [-0.05, 0) is 51.2 Å². The monoisotopic (exact) mass is 486 g/mol. The van der Waals surface area contributed by atoms with Gasteiger partial charge in [-0.15, -0.1) is 32.9 Å². The highest BCUT2D eigenvalue weighted by Crippen LogP contribution is 2.38. The van der Waals surface area contributed by atoms with E-state index < -0.39 is 0 Å². The molecule has 0 radical (unpaired) electrons. The highest BCUT2D eigenvalue weighted by atomic mass is 35.5. The van der Waals surface area contributed by atoms with Gasteiger partial charge in [-0.25, -0.2) is 4.98 Å². The van der Waals surface area contributed by atoms with E-state index in [9.17, 15) is 0 Å². The molecule has 1 aliphatic carbocycles. The number of thiazole rings is 1. The van der Waals surface area contributed by atoms with Crippen LogP contribution in [-0.2, 0) is 18.6 Å². The fraction of sp³-hybridized carbons (Fsp3) is 0.348. The van der Waals surface area contributed by atoms with E-state index in [4.69, 9.17) is 16.6 Å². The minimum absolute atomic E-state index is 0.292. The normalized spacial score (nSPS) is 13.7. The molecule has 1 aliphatic rings. The fourth-order valence-corrected chi connectivity index (χ4v) is 7.31. The minimum Gasteiger partial charge on any atom is -0.299 e. The number of hydrogen-bond donors (Lipinski definition) is 0. The molecule has 0 amide bonds. The van der Waals surface area contributed by atoms with E-state index in [2.05, 4.69) is 39.4 Å². The number of fused-ring (bicyclic) bond motifs is 1. The predicted molar refractivity (Wildman–Crippen MR) is 132 cm³/mol. The molecule has 0 bridgehead atoms. The summed E-state index contributed by atoms with van der Waals surface area (Å²) >= 11 is 11.6. The molecule has 0 N–H and O–H groups in total. The zero-order valence-corrected chi connectivity index (χ0v) is 20.7. The lowest BCUT2D eigenvalue weighted by atomic mass is 9.95. The van der Waals surface area contributed by atoms with Crippen molar-refractivity contribution in [2.75, 3.05) is 0 Å². The van der Waals surface area contributed by atoms with Crippen LogP contribution < -0.4 is 0 Å². The maximum absolute atomic E-state index is 6.34. The van der Waals surface area contributed by atoms with E-state index in [1.807, 2.05) is 35.6 Å². The Morgan fingerprint density at radius 2 is 1.90 bits per heavy atom. The predicted octanol–water partition coefficient (Wildman–Crippen LogP) is 7.54. The van der Waals surface area contributed by atoms with Gasteiger partial charge < -0.3 is 0 Å². The van der Waals surface area contributed by atoms with Gasteiger partial charge >= 0.3 is 0 Å². The molecular weight excluding hydrogens is 464 g/mol. The first-order chi connectivity index (χ1) is 15.1. The summed E-state index contributed by atoms with van der Waals surface area (Å²) < 4.78 is 2.28. The molecule has 1 aromatic carbocycles. The number of aromatic nitrogens is 4. The van der Waals surface area contributed by atoms with Gasteiger partial charge in [0.1, 0.15) is 5.01 Å². The molecule has 5 rings (SSSR count). The van der Waals surface area contributed by atoms with Crippen LogP contribution in [0.3, 0.4) is 0 Å². The summed E-state index contributed by atoms with van der Waals surface area (Å²) in [5, 5.41) is 16.2. The average Bonchev–Trinajstić information content (AvgIpc) is 3.50. The number of rotatable bonds is 6. The molecule has 160 valence electrons. The Balaban J connectivity index is 1.39. The van der Waals surface area contributed by atoms with Crippen molar-refractivity contribution >= 4 is 46.0 Å². The van der Waals surface area contributed by atoms with E-state index in [1.165, 1.54) is 35.3 Å². The summed E-state index contributed by atoms with van der Waals surface area (Å²) in [6.45, 7) is 4.40. The molecule has 4 aromatic rings. The summed E-state index contributed by atoms with van der Waals surface area (Å²) in [5.74, 6) is 1.76. The summed E-state index contributed by atoms with van der Waals surface area (Å²) in [5.41, 5.74) is 4.80. The SMILES string of the molecule is CC(C)n1c(SCc2csc(-c3ccccc3Cl)n2)nnc1-c1csc2c1CCCC2. The maximum Gasteiger partial charge on any atom is 0.192 e. The molecule has 3 aromatic heterocycles. The van der Waals surface area contributed by atoms with Crippen LogP contribution >= 0.6 is 46.0 Å². The van der Waals surface area contributed by atoms with Crippen molar-refractivity contribution in [3.05, 3.63) is 56.2 Å². The van der Waals surface area contributed by atoms with E-state index in [0.717, 1.165) is 44.4 Å². The number of hydrogen-bond acceptors (Lipinski definition) is 6. The number of benzene rings is 1. The second-order valence-corrected chi connectivity index (χ2v) is 11.1. The van der Waals surface area contributed by atoms with Crippen molar-refractivity contribution in [1.82, 2.24) is 19.7 Å². The van der Waals surface area contributed by atoms with Crippen LogP contribution in [0.1, 0.15) is 48.9 Å². The lowest BCUT2D eigenvalue weighted by Gasteiger charge is -2.16. The van der Waals surface area contributed by atoms with Crippen LogP contribution in [0.5, 0.6) is 0 Å². The molecule has 0 fully saturated rings. The van der Waals surface area contributed by atoms with Gasteiger partial charge in [0.15, 0.2) is 11.0 Å². The topological polar surface area (TPSA) is 43.6 Å². The Kier molecular flexibility index (Phi) is 6.19. The van der Waals surface area contributed by atoms with Gasteiger partial charge in [-0.3, -0.25) is 4.57 Å². The summed E-state index contributed by atoms with van der Waals surface area (Å²) in [6, 6.07) is 8.15. The minimum atomic E-state index is 0.292. The summed E-state index contributed by atoms with van der Waals surface area (Å²) in [6.07, 6.45) is 4.93. The van der Waals surface area contributed by atoms with Gasteiger partial charge in [0.2, 0.25) is 0 Å². The van der Waals surface area contributed by atoms with E-state index in [0.29, 0.717) is 6.04 Å². The zero-order chi connectivity index (χ0) is 21.4. The van der Waals surface area contributed by atoms with Crippen molar-refractivity contribution < 1.29 is 0 Å². The third-order valence-corrected chi connectivity index (χ3v) is 8.81. The smallest absolute Gasteiger partial charge is 0.192 e. The summed E-state index contributed by atoms with van der Waals surface area (Å²) in [4.78, 5) is 6.33. The first-order valence-electron chi connectivity index (χ1n) is 10.5. The van der Waals surface area contributed by atoms with Gasteiger partial charge in [0.25, 0.3) is 0 Å². The Morgan fingerprint density at radius 3 is 2.74 bits per heavy atom. The highest BCUT2D eigenvalue weighted by molar-refractivity contribution is 7.98. The van der Waals surface area contributed by atoms with Gasteiger partial charge in [0.05, 0.1) is 10.7 Å². The van der Waals surface area contributed by atoms with Crippen LogP contribution in [0.4, 0.5) is 0 Å². The van der Waals surface area contributed by atoms with Crippen molar-refractivity contribution in [3.63, 3.8) is 0 Å². The van der Waals surface area contributed by atoms with Crippen LogP contribution in [0.25, 0.3) is 22.0 Å². The van der Waals surface area contributed by atoms with Crippen molar-refractivity contribution in [1.29, 1.82) is 0 Å². The number of thioether (sulfide) groups is 1. The number of thiophene rings is 1. The molecule has 8 heteroatoms. The molecule has 0 atom stereocenters. The molecule has 3 heterocycles. The van der Waals surface area contributed by atoms with Gasteiger partial charge in [-0.2, -0.15) is 0 Å². The van der Waals surface area contributed by atoms with Crippen LogP contribution in [-0.4, -0.2) is 19.7 Å². The summed E-state index contributed by atoms with van der Waals surface area (Å²) in [7, 11) is 0. The maximum atomic E-state index is 6.34. The van der Waals surface area contributed by atoms with Crippen molar-refractivity contribution in [3.8, 4) is 22.0 Å². The van der Waals surface area contributed by atoms with E-state index in [1.54, 1.807) is 23.1 Å². The lowest BCUT2D eigenvalue weighted by Crippen LogP contribution is -2.07. The molecule has 31 heavy (non-hydrogen) atoms. The fourth-order valence-electron chi connectivity index (χ4n) is 3.98. The zero-order valence-electron chi connectivity index (χ0n) is 17.5. The third kappa shape index (κ3) is 4.21. The van der Waals surface area contributed by atoms with Crippen LogP contribution in [0.2, 0.25) is 5.02 Å². The Morgan fingerprint density at radius 1 is 1.06 bits per heavy atom. The van der Waals surface area contributed by atoms with E-state index >= 15 is 0 Å². The molecule has 0 spiro atoms.